The first kappa shape index (κ1) is 18.6. The van der Waals surface area contributed by atoms with Crippen LogP contribution in [0, 0.1) is 13.8 Å². The summed E-state index contributed by atoms with van der Waals surface area (Å²) in [5, 5.41) is 16.4. The molecule has 0 aromatic carbocycles. The van der Waals surface area contributed by atoms with E-state index < -0.39 is 24.9 Å². The monoisotopic (exact) mass is 348 g/mol. The van der Waals surface area contributed by atoms with Gasteiger partial charge < -0.3 is 15.3 Å². The van der Waals surface area contributed by atoms with Crippen LogP contribution in [0.1, 0.15) is 42.8 Å². The van der Waals surface area contributed by atoms with Gasteiger partial charge in [0.2, 0.25) is 0 Å². The average molecular weight is 348 g/mol. The molecule has 2 atom stereocenters. The maximum absolute atomic E-state index is 12.6. The molecule has 2 rings (SSSR count). The number of aliphatic hydroxyl groups excluding tert-OH is 1. The Bertz CT molecular complexity index is 600. The second kappa shape index (κ2) is 7.00. The predicted octanol–water partition coefficient (Wildman–Crippen LogP) is 2.29. The van der Waals surface area contributed by atoms with Crippen LogP contribution in [0.3, 0.4) is 0 Å². The summed E-state index contributed by atoms with van der Waals surface area (Å²) < 4.78 is 38.7. The number of alkyl halides is 3. The molecule has 6 nitrogen and oxygen atoms in total. The molecule has 1 fully saturated rings. The Morgan fingerprint density at radius 1 is 1.46 bits per heavy atom. The lowest BCUT2D eigenvalue weighted by Gasteiger charge is -2.31. The van der Waals surface area contributed by atoms with Gasteiger partial charge in [0.05, 0.1) is 17.8 Å². The van der Waals surface area contributed by atoms with Crippen LogP contribution in [-0.2, 0) is 6.54 Å². The van der Waals surface area contributed by atoms with Crippen molar-refractivity contribution in [2.24, 2.45) is 0 Å². The van der Waals surface area contributed by atoms with Gasteiger partial charge in [0.25, 0.3) is 0 Å². The molecule has 0 aliphatic carbocycles. The number of nitrogens with one attached hydrogen (secondary N) is 1. The van der Waals surface area contributed by atoms with E-state index in [9.17, 15) is 23.1 Å². The molecule has 0 bridgehead atoms. The van der Waals surface area contributed by atoms with Crippen molar-refractivity contribution in [2.75, 3.05) is 13.1 Å². The smallest absolute Gasteiger partial charge is 0.391 e. The fraction of sp³-hybridized carbons (Fsp3) is 0.733. The minimum absolute atomic E-state index is 0.268. The lowest BCUT2D eigenvalue weighted by atomic mass is 10.1. The number of hydrogen-bond acceptors (Lipinski definition) is 3. The molecule has 1 saturated heterocycles. The number of aromatic nitrogens is 2. The molecule has 1 aromatic heterocycles. The van der Waals surface area contributed by atoms with Crippen molar-refractivity contribution in [3.63, 3.8) is 0 Å². The molecule has 2 heterocycles. The molecule has 1 aromatic rings. The third-order valence-corrected chi connectivity index (χ3v) is 4.22. The van der Waals surface area contributed by atoms with Crippen LogP contribution in [-0.4, -0.2) is 51.2 Å². The SMILES string of the molecule is Cc1nn(CC(F)(F)F)c(C)c1[C@H](C)NC(=O)N1CCC[C@@H](O)C1. The van der Waals surface area contributed by atoms with E-state index in [0.717, 1.165) is 11.1 Å². The van der Waals surface area contributed by atoms with Gasteiger partial charge in [0.15, 0.2) is 0 Å². The highest BCUT2D eigenvalue weighted by atomic mass is 19.4. The molecule has 1 aliphatic heterocycles. The molecule has 0 spiro atoms. The van der Waals surface area contributed by atoms with E-state index >= 15 is 0 Å². The van der Waals surface area contributed by atoms with Crippen molar-refractivity contribution in [2.45, 2.75) is 58.5 Å². The Balaban J connectivity index is 2.09. The minimum Gasteiger partial charge on any atom is -0.391 e. The number of halogens is 3. The highest BCUT2D eigenvalue weighted by Crippen LogP contribution is 2.25. The summed E-state index contributed by atoms with van der Waals surface area (Å²) in [4.78, 5) is 13.8. The van der Waals surface area contributed by atoms with Gasteiger partial charge in [0.1, 0.15) is 6.54 Å². The summed E-state index contributed by atoms with van der Waals surface area (Å²) in [5.74, 6) is 0. The highest BCUT2D eigenvalue weighted by Gasteiger charge is 2.31. The van der Waals surface area contributed by atoms with Crippen molar-refractivity contribution in [1.29, 1.82) is 0 Å². The summed E-state index contributed by atoms with van der Waals surface area (Å²) in [5.41, 5.74) is 1.43. The van der Waals surface area contributed by atoms with E-state index in [2.05, 4.69) is 10.4 Å². The van der Waals surface area contributed by atoms with Gasteiger partial charge in [0, 0.05) is 24.3 Å². The number of urea groups is 1. The van der Waals surface area contributed by atoms with Gasteiger partial charge in [-0.05, 0) is 33.6 Å². The van der Waals surface area contributed by atoms with E-state index in [1.165, 1.54) is 4.90 Å². The lowest BCUT2D eigenvalue weighted by molar-refractivity contribution is -0.143. The summed E-state index contributed by atoms with van der Waals surface area (Å²) in [7, 11) is 0. The van der Waals surface area contributed by atoms with Gasteiger partial charge >= 0.3 is 12.2 Å². The normalized spacial score (nSPS) is 20.1. The number of aryl methyl sites for hydroxylation is 1. The highest BCUT2D eigenvalue weighted by molar-refractivity contribution is 5.75. The second-order valence-electron chi connectivity index (χ2n) is 6.27. The molecule has 0 radical (unpaired) electrons. The Kier molecular flexibility index (Phi) is 5.42. The Morgan fingerprint density at radius 2 is 2.12 bits per heavy atom. The first-order valence-electron chi connectivity index (χ1n) is 7.92. The quantitative estimate of drug-likeness (QED) is 0.880. The van der Waals surface area contributed by atoms with Gasteiger partial charge in [-0.1, -0.05) is 0 Å². The average Bonchev–Trinajstić information content (AvgIpc) is 2.71. The van der Waals surface area contributed by atoms with E-state index in [1.54, 1.807) is 20.8 Å². The van der Waals surface area contributed by atoms with Crippen LogP contribution in [0.2, 0.25) is 0 Å². The number of hydrogen-bond donors (Lipinski definition) is 2. The number of aliphatic hydroxyl groups is 1. The van der Waals surface area contributed by atoms with E-state index in [4.69, 9.17) is 0 Å². The molecule has 2 amide bonds. The number of rotatable bonds is 3. The standard InChI is InChI=1S/C15H23F3N4O2/c1-9(19-14(24)21-6-4-5-12(23)7-21)13-10(2)20-22(11(13)3)8-15(16,17)18/h9,12,23H,4-8H2,1-3H3,(H,19,24)/t9-,12+/m0/s1. The molecule has 0 saturated carbocycles. The molecule has 0 unspecified atom stereocenters. The van der Waals surface area contributed by atoms with Crippen molar-refractivity contribution >= 4 is 6.03 Å². The number of β-amino-alcohol motifs (C(OH)–C–C–N with tert-alkyl or cyclic N) is 1. The minimum atomic E-state index is -4.35. The largest absolute Gasteiger partial charge is 0.408 e. The van der Waals surface area contributed by atoms with Crippen molar-refractivity contribution in [1.82, 2.24) is 20.0 Å². The molecule has 1 aliphatic rings. The number of amides is 2. The second-order valence-corrected chi connectivity index (χ2v) is 6.27. The van der Waals surface area contributed by atoms with Crippen LogP contribution in [0.25, 0.3) is 0 Å². The van der Waals surface area contributed by atoms with Crippen LogP contribution >= 0.6 is 0 Å². The van der Waals surface area contributed by atoms with Crippen molar-refractivity contribution < 1.29 is 23.1 Å². The number of piperidine rings is 1. The number of nitrogens with zero attached hydrogens (tertiary/aromatic N) is 3. The van der Waals surface area contributed by atoms with Gasteiger partial charge in [-0.2, -0.15) is 18.3 Å². The molecule has 9 heteroatoms. The topological polar surface area (TPSA) is 70.4 Å². The third kappa shape index (κ3) is 4.40. The molecule has 24 heavy (non-hydrogen) atoms. The fourth-order valence-electron chi connectivity index (χ4n) is 3.15. The van der Waals surface area contributed by atoms with Gasteiger partial charge in [-0.3, -0.25) is 4.68 Å². The summed E-state index contributed by atoms with van der Waals surface area (Å²) in [6.07, 6.45) is -3.48. The van der Waals surface area contributed by atoms with E-state index in [1.807, 2.05) is 0 Å². The zero-order valence-corrected chi connectivity index (χ0v) is 14.0. The van der Waals surface area contributed by atoms with Crippen LogP contribution in [0.15, 0.2) is 0 Å². The molecule has 136 valence electrons. The lowest BCUT2D eigenvalue weighted by Crippen LogP contribution is -2.47. The maximum atomic E-state index is 12.6. The number of likely N-dealkylation sites (tertiary alicyclic amines) is 1. The van der Waals surface area contributed by atoms with Crippen LogP contribution in [0.4, 0.5) is 18.0 Å². The maximum Gasteiger partial charge on any atom is 0.408 e. The van der Waals surface area contributed by atoms with Gasteiger partial charge in [-0.15, -0.1) is 0 Å². The van der Waals surface area contributed by atoms with Crippen molar-refractivity contribution in [3.05, 3.63) is 17.0 Å². The number of carbonyl (C=O) groups is 1. The fourth-order valence-corrected chi connectivity index (χ4v) is 3.15. The number of carbonyl (C=O) groups excluding carboxylic acids is 1. The Labute approximate surface area is 138 Å². The summed E-state index contributed by atoms with van der Waals surface area (Å²) in [6.45, 7) is 4.58. The zero-order valence-electron chi connectivity index (χ0n) is 14.0. The van der Waals surface area contributed by atoms with Crippen LogP contribution < -0.4 is 5.32 Å². The summed E-state index contributed by atoms with van der Waals surface area (Å²) in [6, 6.07) is -0.804. The first-order valence-corrected chi connectivity index (χ1v) is 7.92. The molecule has 2 N–H and O–H groups in total. The first-order chi connectivity index (χ1) is 11.1. The van der Waals surface area contributed by atoms with E-state index in [-0.39, 0.29) is 12.6 Å². The Hall–Kier alpha value is -1.77. The molecular weight excluding hydrogens is 325 g/mol. The third-order valence-electron chi connectivity index (χ3n) is 4.22. The van der Waals surface area contributed by atoms with Crippen LogP contribution in [0.5, 0.6) is 0 Å². The zero-order chi connectivity index (χ0) is 18.1. The predicted molar refractivity (Wildman–Crippen MR) is 81.5 cm³/mol. The Morgan fingerprint density at radius 3 is 2.71 bits per heavy atom. The molecular formula is C15H23F3N4O2. The van der Waals surface area contributed by atoms with Crippen molar-refractivity contribution in [3.8, 4) is 0 Å². The van der Waals surface area contributed by atoms with Gasteiger partial charge in [-0.25, -0.2) is 4.79 Å². The summed E-state index contributed by atoms with van der Waals surface area (Å²) >= 11 is 0. The van der Waals surface area contributed by atoms with E-state index in [0.29, 0.717) is 29.9 Å².